The van der Waals surface area contributed by atoms with Crippen LogP contribution >= 0.6 is 0 Å². The number of nitrogens with zero attached hydrogens (tertiary/aromatic N) is 1. The van der Waals surface area contributed by atoms with Crippen molar-refractivity contribution in [2.75, 3.05) is 4.90 Å². The van der Waals surface area contributed by atoms with Crippen molar-refractivity contribution >= 4 is 17.6 Å². The van der Waals surface area contributed by atoms with E-state index in [1.54, 1.807) is 0 Å². The molecule has 136 valence electrons. The Morgan fingerprint density at radius 2 is 1.85 bits per heavy atom. The van der Waals surface area contributed by atoms with E-state index in [1.807, 2.05) is 23.1 Å². The highest BCUT2D eigenvalue weighted by molar-refractivity contribution is 5.95. The molecule has 2 atom stereocenters. The largest absolute Gasteiger partial charge is 0.481 e. The van der Waals surface area contributed by atoms with Gasteiger partial charge in [-0.25, -0.2) is 0 Å². The van der Waals surface area contributed by atoms with Gasteiger partial charge in [0.05, 0.1) is 0 Å². The quantitative estimate of drug-likeness (QED) is 0.862. The minimum atomic E-state index is -0.857. The molecule has 0 spiro atoms. The summed E-state index contributed by atoms with van der Waals surface area (Å²) in [6.45, 7) is 4.15. The molecule has 0 unspecified atom stereocenters. The number of carbonyl (C=O) groups excluding carboxylic acids is 1. The average Bonchev–Trinajstić information content (AvgIpc) is 2.61. The number of anilines is 1. The fraction of sp³-hybridized carbons (Fsp3) is 0.364. The number of hydrogen-bond donors (Lipinski definition) is 1. The molecule has 3 rings (SSSR count). The molecule has 2 aromatic rings. The van der Waals surface area contributed by atoms with Crippen LogP contribution < -0.4 is 4.90 Å². The van der Waals surface area contributed by atoms with Gasteiger partial charge in [0.15, 0.2) is 0 Å². The summed E-state index contributed by atoms with van der Waals surface area (Å²) in [7, 11) is 0. The van der Waals surface area contributed by atoms with Crippen LogP contribution in [0, 0.1) is 6.92 Å². The third-order valence-electron chi connectivity index (χ3n) is 5.09. The standard InChI is InChI=1S/C22H25NO3/c1-15-11-12-20-19(13-15)18(17-7-4-3-5-8-17)14-16(2)23(20)21(24)9-6-10-22(25)26/h3-5,7-8,11-13,16,18H,6,9-10,14H2,1-2H3,(H,25,26)/t16-,18-/m1/s1. The van der Waals surface area contributed by atoms with E-state index < -0.39 is 5.97 Å². The Morgan fingerprint density at radius 3 is 2.54 bits per heavy atom. The first-order chi connectivity index (χ1) is 12.5. The van der Waals surface area contributed by atoms with Crippen molar-refractivity contribution in [3.8, 4) is 0 Å². The SMILES string of the molecule is Cc1ccc2c(c1)[C@@H](c1ccccc1)C[C@@H](C)N2C(=O)CCCC(=O)O. The van der Waals surface area contributed by atoms with E-state index in [0.717, 1.165) is 12.1 Å². The minimum Gasteiger partial charge on any atom is -0.481 e. The van der Waals surface area contributed by atoms with Crippen molar-refractivity contribution in [2.45, 2.75) is 51.5 Å². The van der Waals surface area contributed by atoms with Gasteiger partial charge < -0.3 is 10.0 Å². The first-order valence-corrected chi connectivity index (χ1v) is 9.16. The van der Waals surface area contributed by atoms with E-state index in [-0.39, 0.29) is 30.7 Å². The van der Waals surface area contributed by atoms with Crippen LogP contribution in [0.4, 0.5) is 5.69 Å². The number of fused-ring (bicyclic) bond motifs is 1. The van der Waals surface area contributed by atoms with E-state index in [0.29, 0.717) is 6.42 Å². The predicted octanol–water partition coefficient (Wildman–Crippen LogP) is 4.51. The summed E-state index contributed by atoms with van der Waals surface area (Å²) in [5, 5.41) is 8.81. The van der Waals surface area contributed by atoms with E-state index in [4.69, 9.17) is 5.11 Å². The number of aliphatic carboxylic acids is 1. The first kappa shape index (κ1) is 18.2. The fourth-order valence-electron chi connectivity index (χ4n) is 3.88. The zero-order chi connectivity index (χ0) is 18.7. The molecule has 0 radical (unpaired) electrons. The lowest BCUT2D eigenvalue weighted by Crippen LogP contribution is -2.43. The zero-order valence-corrected chi connectivity index (χ0v) is 15.3. The number of aryl methyl sites for hydroxylation is 1. The number of carboxylic acids is 1. The van der Waals surface area contributed by atoms with Gasteiger partial charge in [-0.3, -0.25) is 9.59 Å². The van der Waals surface area contributed by atoms with Gasteiger partial charge in [-0.05, 0) is 43.9 Å². The Bertz CT molecular complexity index is 800. The van der Waals surface area contributed by atoms with E-state index in [2.05, 4.69) is 44.2 Å². The van der Waals surface area contributed by atoms with Gasteiger partial charge >= 0.3 is 5.97 Å². The molecule has 2 aromatic carbocycles. The zero-order valence-electron chi connectivity index (χ0n) is 15.3. The van der Waals surface area contributed by atoms with Crippen molar-refractivity contribution in [2.24, 2.45) is 0 Å². The summed E-state index contributed by atoms with van der Waals surface area (Å²) in [4.78, 5) is 25.4. The van der Waals surface area contributed by atoms with Crippen LogP contribution in [0.25, 0.3) is 0 Å². The van der Waals surface area contributed by atoms with E-state index in [1.165, 1.54) is 16.7 Å². The van der Waals surface area contributed by atoms with Crippen LogP contribution in [0.3, 0.4) is 0 Å². The molecule has 1 aliphatic heterocycles. The monoisotopic (exact) mass is 351 g/mol. The van der Waals surface area contributed by atoms with Gasteiger partial charge in [0.1, 0.15) is 0 Å². The molecule has 0 aromatic heterocycles. The number of carboxylic acid groups (broad SMARTS) is 1. The number of carbonyl (C=O) groups is 2. The number of rotatable bonds is 5. The maximum Gasteiger partial charge on any atom is 0.303 e. The van der Waals surface area contributed by atoms with Crippen LogP contribution in [0.15, 0.2) is 48.5 Å². The second kappa shape index (κ2) is 7.73. The molecular formula is C22H25NO3. The highest BCUT2D eigenvalue weighted by Gasteiger charge is 2.34. The van der Waals surface area contributed by atoms with Crippen LogP contribution in [0.1, 0.15) is 55.2 Å². The topological polar surface area (TPSA) is 57.6 Å². The third kappa shape index (κ3) is 3.79. The Hall–Kier alpha value is -2.62. The summed E-state index contributed by atoms with van der Waals surface area (Å²) in [6, 6.07) is 16.7. The van der Waals surface area contributed by atoms with Gasteiger partial charge in [0, 0.05) is 30.5 Å². The smallest absolute Gasteiger partial charge is 0.303 e. The predicted molar refractivity (Wildman–Crippen MR) is 103 cm³/mol. The van der Waals surface area contributed by atoms with Crippen molar-refractivity contribution in [1.29, 1.82) is 0 Å². The van der Waals surface area contributed by atoms with Gasteiger partial charge in [0.2, 0.25) is 5.91 Å². The highest BCUT2D eigenvalue weighted by Crippen LogP contribution is 2.42. The molecule has 4 heteroatoms. The van der Waals surface area contributed by atoms with Gasteiger partial charge in [0.25, 0.3) is 0 Å². The number of amides is 1. The van der Waals surface area contributed by atoms with Crippen molar-refractivity contribution < 1.29 is 14.7 Å². The Balaban J connectivity index is 1.93. The Kier molecular flexibility index (Phi) is 5.40. The molecule has 1 amide bonds. The van der Waals surface area contributed by atoms with E-state index in [9.17, 15) is 9.59 Å². The molecule has 0 saturated heterocycles. The van der Waals surface area contributed by atoms with Crippen molar-refractivity contribution in [3.05, 3.63) is 65.2 Å². The number of hydrogen-bond acceptors (Lipinski definition) is 2. The fourth-order valence-corrected chi connectivity index (χ4v) is 3.88. The van der Waals surface area contributed by atoms with Crippen LogP contribution in [-0.4, -0.2) is 23.0 Å². The molecule has 0 bridgehead atoms. The van der Waals surface area contributed by atoms with Gasteiger partial charge in [-0.15, -0.1) is 0 Å². The summed E-state index contributed by atoms with van der Waals surface area (Å²) in [5.41, 5.74) is 4.59. The second-order valence-corrected chi connectivity index (χ2v) is 7.12. The molecule has 1 N–H and O–H groups in total. The van der Waals surface area contributed by atoms with E-state index >= 15 is 0 Å². The Morgan fingerprint density at radius 1 is 1.12 bits per heavy atom. The lowest BCUT2D eigenvalue weighted by atomic mass is 9.80. The lowest BCUT2D eigenvalue weighted by Gasteiger charge is -2.40. The maximum absolute atomic E-state index is 12.8. The second-order valence-electron chi connectivity index (χ2n) is 7.12. The molecule has 0 fully saturated rings. The minimum absolute atomic E-state index is 0.00960. The average molecular weight is 351 g/mol. The molecule has 4 nitrogen and oxygen atoms in total. The molecule has 26 heavy (non-hydrogen) atoms. The lowest BCUT2D eigenvalue weighted by molar-refractivity contribution is -0.137. The van der Waals surface area contributed by atoms with Gasteiger partial charge in [-0.1, -0.05) is 48.0 Å². The van der Waals surface area contributed by atoms with Crippen molar-refractivity contribution in [1.82, 2.24) is 0 Å². The normalized spacial score (nSPS) is 19.1. The van der Waals surface area contributed by atoms with Crippen LogP contribution in [0.5, 0.6) is 0 Å². The summed E-state index contributed by atoms with van der Waals surface area (Å²) in [6.07, 6.45) is 1.53. The number of benzene rings is 2. The first-order valence-electron chi connectivity index (χ1n) is 9.16. The Labute approximate surface area is 154 Å². The molecule has 0 saturated carbocycles. The summed E-state index contributed by atoms with van der Waals surface area (Å²) >= 11 is 0. The van der Waals surface area contributed by atoms with Crippen LogP contribution in [0.2, 0.25) is 0 Å². The molecular weight excluding hydrogens is 326 g/mol. The third-order valence-corrected chi connectivity index (χ3v) is 5.09. The summed E-state index contributed by atoms with van der Waals surface area (Å²) in [5.74, 6) is -0.579. The molecule has 1 aliphatic rings. The molecule has 0 aliphatic carbocycles. The summed E-state index contributed by atoms with van der Waals surface area (Å²) < 4.78 is 0. The van der Waals surface area contributed by atoms with Crippen LogP contribution in [-0.2, 0) is 9.59 Å². The van der Waals surface area contributed by atoms with Gasteiger partial charge in [-0.2, -0.15) is 0 Å². The molecule has 1 heterocycles. The highest BCUT2D eigenvalue weighted by atomic mass is 16.4. The van der Waals surface area contributed by atoms with Crippen molar-refractivity contribution in [3.63, 3.8) is 0 Å². The maximum atomic E-state index is 12.8.